The quantitative estimate of drug-likeness (QED) is 0.864. The number of halogens is 3. The first kappa shape index (κ1) is 11.9. The van der Waals surface area contributed by atoms with Gasteiger partial charge in [0.25, 0.3) is 0 Å². The maximum absolute atomic E-state index is 13.7. The predicted molar refractivity (Wildman–Crippen MR) is 63.1 cm³/mol. The summed E-state index contributed by atoms with van der Waals surface area (Å²) in [6, 6.07) is 3.05. The second-order valence-electron chi connectivity index (χ2n) is 2.99. The van der Waals surface area contributed by atoms with Gasteiger partial charge in [0, 0.05) is 10.0 Å². The zero-order valence-corrected chi connectivity index (χ0v) is 10.9. The van der Waals surface area contributed by atoms with Crippen molar-refractivity contribution in [3.63, 3.8) is 0 Å². The van der Waals surface area contributed by atoms with E-state index in [2.05, 4.69) is 25.5 Å². The number of hydrogen-bond acceptors (Lipinski definition) is 4. The van der Waals surface area contributed by atoms with Gasteiger partial charge in [0.15, 0.2) is 0 Å². The van der Waals surface area contributed by atoms with Crippen molar-refractivity contribution in [1.29, 1.82) is 0 Å². The van der Waals surface area contributed by atoms with Crippen molar-refractivity contribution in [3.8, 4) is 0 Å². The topological polar surface area (TPSA) is 46.0 Å². The highest BCUT2D eigenvalue weighted by atomic mass is 79.9. The van der Waals surface area contributed by atoms with E-state index in [1.165, 1.54) is 12.3 Å². The summed E-state index contributed by atoms with van der Waals surface area (Å²) < 4.78 is 17.8. The molecule has 0 radical (unpaired) electrons. The number of hydrogen-bond donors (Lipinski definition) is 1. The normalized spacial score (nSPS) is 12.8. The molecule has 0 aliphatic heterocycles. The molecule has 1 atom stereocenters. The van der Waals surface area contributed by atoms with Gasteiger partial charge in [-0.25, -0.2) is 4.39 Å². The lowest BCUT2D eigenvalue weighted by molar-refractivity contribution is 0.218. The Morgan fingerprint density at radius 3 is 2.88 bits per heavy atom. The Kier molecular flexibility index (Phi) is 3.53. The van der Waals surface area contributed by atoms with Gasteiger partial charge >= 0.3 is 0 Å². The molecule has 16 heavy (non-hydrogen) atoms. The van der Waals surface area contributed by atoms with Crippen LogP contribution in [0.1, 0.15) is 16.5 Å². The number of aliphatic hydroxyl groups excluding tert-OH is 1. The van der Waals surface area contributed by atoms with Crippen molar-refractivity contribution in [2.75, 3.05) is 0 Å². The summed E-state index contributed by atoms with van der Waals surface area (Å²) in [5, 5.41) is 13.4. The molecule has 0 spiro atoms. The summed E-state index contributed by atoms with van der Waals surface area (Å²) in [7, 11) is 0. The van der Waals surface area contributed by atoms with E-state index in [0.717, 1.165) is 11.5 Å². The molecule has 1 aromatic carbocycles. The Hall–Kier alpha value is -0.560. The van der Waals surface area contributed by atoms with Crippen LogP contribution in [0.3, 0.4) is 0 Å². The molecule has 0 amide bonds. The van der Waals surface area contributed by atoms with Crippen LogP contribution in [0.5, 0.6) is 0 Å². The second-order valence-corrected chi connectivity index (χ2v) is 5.04. The highest BCUT2D eigenvalue weighted by molar-refractivity contribution is 9.10. The summed E-state index contributed by atoms with van der Waals surface area (Å²) >= 11 is 9.84. The van der Waals surface area contributed by atoms with Gasteiger partial charge in [-0.15, -0.1) is 5.10 Å². The van der Waals surface area contributed by atoms with Crippen LogP contribution in [0.2, 0.25) is 5.02 Å². The van der Waals surface area contributed by atoms with E-state index < -0.39 is 11.9 Å². The molecule has 1 N–H and O–H groups in total. The van der Waals surface area contributed by atoms with Gasteiger partial charge in [0.2, 0.25) is 0 Å². The van der Waals surface area contributed by atoms with Crippen molar-refractivity contribution < 1.29 is 9.50 Å². The van der Waals surface area contributed by atoms with Crippen LogP contribution in [-0.4, -0.2) is 14.7 Å². The summed E-state index contributed by atoms with van der Waals surface area (Å²) in [5.41, 5.74) is 0.110. The summed E-state index contributed by atoms with van der Waals surface area (Å²) in [6.45, 7) is 0. The minimum Gasteiger partial charge on any atom is -0.383 e. The van der Waals surface area contributed by atoms with E-state index in [-0.39, 0.29) is 10.6 Å². The molecule has 0 aliphatic rings. The molecule has 0 fully saturated rings. The second kappa shape index (κ2) is 4.75. The van der Waals surface area contributed by atoms with Gasteiger partial charge in [-0.3, -0.25) is 0 Å². The average Bonchev–Trinajstić information content (AvgIpc) is 2.79. The molecule has 2 aromatic rings. The van der Waals surface area contributed by atoms with E-state index in [4.69, 9.17) is 11.6 Å². The van der Waals surface area contributed by atoms with E-state index in [1.54, 1.807) is 6.07 Å². The zero-order chi connectivity index (χ0) is 11.7. The Labute approximate surface area is 108 Å². The Morgan fingerprint density at radius 1 is 1.50 bits per heavy atom. The maximum Gasteiger partial charge on any atom is 0.149 e. The fraction of sp³-hybridized carbons (Fsp3) is 0.111. The Morgan fingerprint density at radius 2 is 2.25 bits per heavy atom. The molecule has 1 aromatic heterocycles. The molecular formula is C9H5BrClFN2OS. The Bertz CT molecular complexity index is 508. The van der Waals surface area contributed by atoms with Crippen LogP contribution >= 0.6 is 39.1 Å². The van der Waals surface area contributed by atoms with Gasteiger partial charge in [-0.05, 0) is 33.5 Å². The van der Waals surface area contributed by atoms with Crippen LogP contribution < -0.4 is 0 Å². The molecule has 1 unspecified atom stereocenters. The van der Waals surface area contributed by atoms with E-state index in [0.29, 0.717) is 9.35 Å². The van der Waals surface area contributed by atoms with Gasteiger partial charge in [-0.1, -0.05) is 22.2 Å². The highest BCUT2D eigenvalue weighted by Gasteiger charge is 2.20. The van der Waals surface area contributed by atoms with Crippen molar-refractivity contribution in [2.45, 2.75) is 6.10 Å². The van der Waals surface area contributed by atoms with E-state index >= 15 is 0 Å². The number of nitrogens with zero attached hydrogens (tertiary/aromatic N) is 2. The monoisotopic (exact) mass is 322 g/mol. The summed E-state index contributed by atoms with van der Waals surface area (Å²) in [4.78, 5) is 0.470. The first-order valence-electron chi connectivity index (χ1n) is 4.20. The summed E-state index contributed by atoms with van der Waals surface area (Å²) in [5.74, 6) is -0.642. The van der Waals surface area contributed by atoms with Crippen LogP contribution in [0, 0.1) is 5.82 Å². The third-order valence-electron chi connectivity index (χ3n) is 2.01. The number of aromatic nitrogens is 2. The number of rotatable bonds is 2. The predicted octanol–water partition coefficient (Wildman–Crippen LogP) is 3.17. The fourth-order valence-corrected chi connectivity index (χ4v) is 2.19. The molecule has 0 aliphatic carbocycles. The first-order valence-corrected chi connectivity index (χ1v) is 6.14. The molecular weight excluding hydrogens is 319 g/mol. The van der Waals surface area contributed by atoms with Gasteiger partial charge < -0.3 is 5.11 Å². The number of aliphatic hydroxyl groups is 1. The molecule has 0 saturated heterocycles. The minimum atomic E-state index is -1.09. The SMILES string of the molecule is OC(c1cnns1)c1ccc(Br)c(Cl)c1F. The van der Waals surface area contributed by atoms with Crippen LogP contribution in [-0.2, 0) is 0 Å². The smallest absolute Gasteiger partial charge is 0.149 e. The van der Waals surface area contributed by atoms with Crippen molar-refractivity contribution >= 4 is 39.1 Å². The van der Waals surface area contributed by atoms with Gasteiger partial charge in [0.05, 0.1) is 16.1 Å². The molecule has 7 heteroatoms. The molecule has 3 nitrogen and oxygen atoms in total. The van der Waals surface area contributed by atoms with Crippen molar-refractivity contribution in [1.82, 2.24) is 9.59 Å². The number of benzene rings is 1. The van der Waals surface area contributed by atoms with Gasteiger partial charge in [0.1, 0.15) is 11.9 Å². The fourth-order valence-electron chi connectivity index (χ4n) is 1.20. The lowest BCUT2D eigenvalue weighted by Gasteiger charge is -2.10. The standard InChI is InChI=1S/C9H5BrClFN2OS/c10-5-2-1-4(8(12)7(5)11)9(15)6-3-13-14-16-6/h1-3,9,15H. The lowest BCUT2D eigenvalue weighted by Crippen LogP contribution is -2.01. The minimum absolute atomic E-state index is 0.0472. The van der Waals surface area contributed by atoms with Crippen LogP contribution in [0.25, 0.3) is 0 Å². The van der Waals surface area contributed by atoms with Crippen LogP contribution in [0.4, 0.5) is 4.39 Å². The maximum atomic E-state index is 13.7. The molecule has 2 rings (SSSR count). The van der Waals surface area contributed by atoms with Crippen molar-refractivity contribution in [3.05, 3.63) is 44.1 Å². The first-order chi connectivity index (χ1) is 7.61. The van der Waals surface area contributed by atoms with E-state index in [9.17, 15) is 9.50 Å². The molecule has 1 heterocycles. The van der Waals surface area contributed by atoms with Gasteiger partial charge in [-0.2, -0.15) is 0 Å². The average molecular weight is 324 g/mol. The third-order valence-corrected chi connectivity index (χ3v) is 3.98. The zero-order valence-electron chi connectivity index (χ0n) is 7.69. The summed E-state index contributed by atoms with van der Waals surface area (Å²) in [6.07, 6.45) is 0.302. The lowest BCUT2D eigenvalue weighted by atomic mass is 10.1. The molecule has 84 valence electrons. The van der Waals surface area contributed by atoms with E-state index in [1.807, 2.05) is 0 Å². The Balaban J connectivity index is 2.45. The van der Waals surface area contributed by atoms with Crippen molar-refractivity contribution in [2.24, 2.45) is 0 Å². The van der Waals surface area contributed by atoms with Crippen LogP contribution in [0.15, 0.2) is 22.8 Å². The largest absolute Gasteiger partial charge is 0.383 e. The highest BCUT2D eigenvalue weighted by Crippen LogP contribution is 2.33. The molecule has 0 bridgehead atoms. The molecule has 0 saturated carbocycles. The third kappa shape index (κ3) is 2.10.